The molecule has 0 saturated heterocycles. The van der Waals surface area contributed by atoms with Crippen LogP contribution in [0.3, 0.4) is 0 Å². The van der Waals surface area contributed by atoms with Gasteiger partial charge in [-0.25, -0.2) is 0 Å². The van der Waals surface area contributed by atoms with Gasteiger partial charge in [-0.1, -0.05) is 20.8 Å². The fourth-order valence-electron chi connectivity index (χ4n) is 4.27. The van der Waals surface area contributed by atoms with Crippen molar-refractivity contribution in [1.29, 1.82) is 0 Å². The van der Waals surface area contributed by atoms with E-state index in [4.69, 9.17) is 10.2 Å². The van der Waals surface area contributed by atoms with Gasteiger partial charge in [-0.15, -0.1) is 12.4 Å². The maximum atomic E-state index is 12.3. The lowest BCUT2D eigenvalue weighted by Gasteiger charge is -2.39. The fraction of sp³-hybridized carbons (Fsp3) is 0.688. The second-order valence-corrected chi connectivity index (χ2v) is 7.14. The van der Waals surface area contributed by atoms with Gasteiger partial charge in [0.25, 0.3) is 5.91 Å². The molecule has 1 aromatic rings. The van der Waals surface area contributed by atoms with E-state index in [0.29, 0.717) is 23.3 Å². The Balaban J connectivity index is 0.00000161. The summed E-state index contributed by atoms with van der Waals surface area (Å²) in [5, 5.41) is 3.22. The molecule has 3 N–H and O–H groups in total. The number of hydrogen-bond acceptors (Lipinski definition) is 3. The molecule has 2 bridgehead atoms. The summed E-state index contributed by atoms with van der Waals surface area (Å²) < 4.78 is 5.24. The van der Waals surface area contributed by atoms with Crippen molar-refractivity contribution >= 4 is 18.3 Å². The molecule has 4 nitrogen and oxygen atoms in total. The molecular weight excluding hydrogens is 288 g/mol. The van der Waals surface area contributed by atoms with Crippen LogP contribution in [0.5, 0.6) is 0 Å². The summed E-state index contributed by atoms with van der Waals surface area (Å²) in [6.07, 6.45) is 5.09. The Morgan fingerprint density at radius 2 is 2.19 bits per heavy atom. The van der Waals surface area contributed by atoms with Crippen LogP contribution in [0, 0.1) is 16.7 Å². The summed E-state index contributed by atoms with van der Waals surface area (Å²) in [5.74, 6) is 1.33. The molecule has 118 valence electrons. The Labute approximate surface area is 132 Å². The van der Waals surface area contributed by atoms with Crippen LogP contribution in [0.25, 0.3) is 0 Å². The number of furan rings is 1. The average molecular weight is 313 g/mol. The Morgan fingerprint density at radius 3 is 2.67 bits per heavy atom. The lowest BCUT2D eigenvalue weighted by Crippen LogP contribution is -2.46. The molecule has 3 atom stereocenters. The fourth-order valence-corrected chi connectivity index (χ4v) is 4.27. The van der Waals surface area contributed by atoms with Gasteiger partial charge in [-0.3, -0.25) is 4.79 Å². The molecule has 0 spiro atoms. The minimum Gasteiger partial charge on any atom is -0.467 e. The van der Waals surface area contributed by atoms with Crippen LogP contribution in [-0.4, -0.2) is 11.9 Å². The summed E-state index contributed by atoms with van der Waals surface area (Å²) >= 11 is 0. The Kier molecular flexibility index (Phi) is 4.15. The van der Waals surface area contributed by atoms with E-state index in [1.165, 1.54) is 19.1 Å². The van der Waals surface area contributed by atoms with E-state index in [2.05, 4.69) is 26.1 Å². The first-order chi connectivity index (χ1) is 9.38. The van der Waals surface area contributed by atoms with Crippen molar-refractivity contribution in [2.24, 2.45) is 22.5 Å². The highest BCUT2D eigenvalue weighted by atomic mass is 35.5. The molecule has 5 heteroatoms. The number of rotatable bonds is 3. The highest BCUT2D eigenvalue weighted by molar-refractivity contribution is 5.94. The van der Waals surface area contributed by atoms with Gasteiger partial charge in [0.2, 0.25) is 0 Å². The average Bonchev–Trinajstić information content (AvgIpc) is 3.01. The van der Waals surface area contributed by atoms with Crippen molar-refractivity contribution in [2.45, 2.75) is 52.6 Å². The largest absolute Gasteiger partial charge is 0.467 e. The summed E-state index contributed by atoms with van der Waals surface area (Å²) in [6, 6.07) is 2.00. The molecule has 2 aliphatic rings. The zero-order valence-corrected chi connectivity index (χ0v) is 13.8. The van der Waals surface area contributed by atoms with Crippen molar-refractivity contribution in [2.75, 3.05) is 0 Å². The smallest absolute Gasteiger partial charge is 0.254 e. The molecule has 3 rings (SSSR count). The van der Waals surface area contributed by atoms with Crippen molar-refractivity contribution in [3.8, 4) is 0 Å². The van der Waals surface area contributed by atoms with E-state index in [9.17, 15) is 4.79 Å². The number of amides is 1. The van der Waals surface area contributed by atoms with Gasteiger partial charge in [-0.2, -0.15) is 0 Å². The predicted octanol–water partition coefficient (Wildman–Crippen LogP) is 3.10. The van der Waals surface area contributed by atoms with E-state index in [1.807, 2.05) is 0 Å². The van der Waals surface area contributed by atoms with Crippen molar-refractivity contribution in [3.63, 3.8) is 0 Å². The number of carbonyl (C=O) groups excluding carboxylic acids is 1. The summed E-state index contributed by atoms with van der Waals surface area (Å²) in [6.45, 7) is 7.34. The molecule has 1 amide bonds. The van der Waals surface area contributed by atoms with Gasteiger partial charge < -0.3 is 15.5 Å². The Morgan fingerprint density at radius 1 is 1.48 bits per heavy atom. The number of halogens is 1. The van der Waals surface area contributed by atoms with Gasteiger partial charge in [-0.05, 0) is 42.1 Å². The third kappa shape index (κ3) is 2.29. The molecule has 1 aromatic heterocycles. The molecule has 21 heavy (non-hydrogen) atoms. The predicted molar refractivity (Wildman–Crippen MR) is 84.3 cm³/mol. The SMILES string of the molecule is CC1(C)C2CCC1(C)C(NC(=O)c1coc(CN)c1)C2.Cl. The van der Waals surface area contributed by atoms with Crippen LogP contribution in [-0.2, 0) is 6.54 Å². The zero-order valence-electron chi connectivity index (χ0n) is 12.9. The van der Waals surface area contributed by atoms with Crippen LogP contribution in [0.2, 0.25) is 0 Å². The van der Waals surface area contributed by atoms with Gasteiger partial charge in [0.05, 0.1) is 12.1 Å². The normalized spacial score (nSPS) is 32.8. The number of hydrogen-bond donors (Lipinski definition) is 2. The molecule has 3 unspecified atom stereocenters. The van der Waals surface area contributed by atoms with Crippen LogP contribution in [0.15, 0.2) is 16.7 Å². The molecule has 2 saturated carbocycles. The summed E-state index contributed by atoms with van der Waals surface area (Å²) in [4.78, 5) is 12.3. The highest BCUT2D eigenvalue weighted by Crippen LogP contribution is 2.65. The van der Waals surface area contributed by atoms with E-state index in [0.717, 1.165) is 12.3 Å². The molecule has 2 fully saturated rings. The Hall–Kier alpha value is -1.00. The molecular formula is C16H25ClN2O2. The quantitative estimate of drug-likeness (QED) is 0.901. The zero-order chi connectivity index (χ0) is 14.5. The molecule has 0 aromatic carbocycles. The van der Waals surface area contributed by atoms with Gasteiger partial charge in [0.15, 0.2) is 0 Å². The van der Waals surface area contributed by atoms with Crippen LogP contribution < -0.4 is 11.1 Å². The number of nitrogens with two attached hydrogens (primary N) is 1. The van der Waals surface area contributed by atoms with E-state index < -0.39 is 0 Å². The maximum absolute atomic E-state index is 12.3. The molecule has 2 aliphatic carbocycles. The third-order valence-electron chi connectivity index (χ3n) is 6.22. The first-order valence-corrected chi connectivity index (χ1v) is 7.47. The first kappa shape index (κ1) is 16.4. The van der Waals surface area contributed by atoms with E-state index in [1.54, 1.807) is 6.07 Å². The molecule has 1 heterocycles. The van der Waals surface area contributed by atoms with Crippen molar-refractivity contribution < 1.29 is 9.21 Å². The van der Waals surface area contributed by atoms with Crippen molar-refractivity contribution in [1.82, 2.24) is 5.32 Å². The highest BCUT2D eigenvalue weighted by Gasteiger charge is 2.61. The van der Waals surface area contributed by atoms with E-state index >= 15 is 0 Å². The second-order valence-electron chi connectivity index (χ2n) is 7.14. The topological polar surface area (TPSA) is 68.3 Å². The first-order valence-electron chi connectivity index (χ1n) is 7.47. The lowest BCUT2D eigenvalue weighted by molar-refractivity contribution is 0.0825. The monoisotopic (exact) mass is 312 g/mol. The number of carbonyl (C=O) groups is 1. The second kappa shape index (κ2) is 5.33. The summed E-state index contributed by atoms with van der Waals surface area (Å²) in [7, 11) is 0. The lowest BCUT2D eigenvalue weighted by atomic mass is 9.69. The van der Waals surface area contributed by atoms with Crippen LogP contribution in [0.1, 0.15) is 56.2 Å². The van der Waals surface area contributed by atoms with Gasteiger partial charge in [0, 0.05) is 6.04 Å². The van der Waals surface area contributed by atoms with Gasteiger partial charge >= 0.3 is 0 Å². The third-order valence-corrected chi connectivity index (χ3v) is 6.22. The van der Waals surface area contributed by atoms with Crippen molar-refractivity contribution in [3.05, 3.63) is 23.7 Å². The van der Waals surface area contributed by atoms with Gasteiger partial charge in [0.1, 0.15) is 12.0 Å². The summed E-state index contributed by atoms with van der Waals surface area (Å²) in [5.41, 5.74) is 6.60. The van der Waals surface area contributed by atoms with Crippen LogP contribution in [0.4, 0.5) is 0 Å². The molecule has 0 aliphatic heterocycles. The standard InChI is InChI=1S/C16H24N2O2.ClH/c1-15(2)11-4-5-16(15,3)13(7-11)18-14(19)10-6-12(8-17)20-9-10;/h6,9,11,13H,4-5,7-8,17H2,1-3H3,(H,18,19);1H. The molecule has 0 radical (unpaired) electrons. The number of nitrogens with one attached hydrogen (secondary N) is 1. The Bertz CT molecular complexity index is 540. The van der Waals surface area contributed by atoms with Crippen LogP contribution >= 0.6 is 12.4 Å². The maximum Gasteiger partial charge on any atom is 0.254 e. The minimum absolute atomic E-state index is 0. The minimum atomic E-state index is -0.0389. The number of fused-ring (bicyclic) bond motifs is 2. The van der Waals surface area contributed by atoms with E-state index in [-0.39, 0.29) is 29.8 Å².